The largest absolute Gasteiger partial charge is 0.399 e. The van der Waals surface area contributed by atoms with E-state index in [2.05, 4.69) is 15.3 Å². The average Bonchev–Trinajstić information content (AvgIpc) is 3.08. The molecule has 0 saturated heterocycles. The number of fused-ring (bicyclic) bond motifs is 1. The van der Waals surface area contributed by atoms with Crippen molar-refractivity contribution < 1.29 is 4.79 Å². The van der Waals surface area contributed by atoms with Gasteiger partial charge in [0, 0.05) is 18.3 Å². The van der Waals surface area contributed by atoms with Crippen LogP contribution in [0.5, 0.6) is 0 Å². The van der Waals surface area contributed by atoms with Crippen molar-refractivity contribution in [3.05, 3.63) is 48.3 Å². The number of hydrogen-bond acceptors (Lipinski definition) is 5. The fraction of sp³-hybridized carbons (Fsp3) is 0.263. The Labute approximate surface area is 164 Å². The monoisotopic (exact) mass is 388 g/mol. The van der Waals surface area contributed by atoms with Crippen LogP contribution < -0.4 is 22.5 Å². The summed E-state index contributed by atoms with van der Waals surface area (Å²) >= 11 is 0. The number of carbonyl (C=O) groups excluding carboxylic acids is 1. The highest BCUT2D eigenvalue weighted by Gasteiger charge is 2.13. The van der Waals surface area contributed by atoms with Crippen LogP contribution in [0, 0.1) is 0 Å². The van der Waals surface area contributed by atoms with Crippen molar-refractivity contribution in [2.45, 2.75) is 18.9 Å². The first kappa shape index (κ1) is 20.7. The normalized spacial score (nSPS) is 11.8. The molecule has 3 aromatic rings. The molecule has 0 aliphatic carbocycles. The van der Waals surface area contributed by atoms with Crippen LogP contribution in [0.1, 0.15) is 23.5 Å². The first-order valence-electron chi connectivity index (χ1n) is 8.66. The molecular formula is C19H25ClN6O. The van der Waals surface area contributed by atoms with Crippen molar-refractivity contribution in [2.75, 3.05) is 18.8 Å². The van der Waals surface area contributed by atoms with Gasteiger partial charge in [0.2, 0.25) is 0 Å². The number of halogens is 1. The first-order chi connectivity index (χ1) is 12.6. The third-order valence-corrected chi connectivity index (χ3v) is 4.24. The zero-order valence-corrected chi connectivity index (χ0v) is 15.8. The Morgan fingerprint density at radius 3 is 2.56 bits per heavy atom. The van der Waals surface area contributed by atoms with Crippen molar-refractivity contribution in [2.24, 2.45) is 11.5 Å². The Morgan fingerprint density at radius 2 is 1.85 bits per heavy atom. The van der Waals surface area contributed by atoms with Crippen molar-refractivity contribution >= 4 is 35.0 Å². The number of carbonyl (C=O) groups is 1. The van der Waals surface area contributed by atoms with Crippen molar-refractivity contribution in [3.8, 4) is 11.1 Å². The van der Waals surface area contributed by atoms with Crippen LogP contribution in [-0.2, 0) is 0 Å². The van der Waals surface area contributed by atoms with E-state index in [1.807, 2.05) is 42.5 Å². The summed E-state index contributed by atoms with van der Waals surface area (Å²) in [5.74, 6) is 0.0129. The SMILES string of the molecule is Cl.NCCC[C@H](N)CNC(=O)c1nc2ccc(-c3ccc(N)cc3)cc2[nH]1. The molecule has 8 N–H and O–H groups in total. The number of hydrogen-bond donors (Lipinski definition) is 5. The third kappa shape index (κ3) is 5.19. The second kappa shape index (κ2) is 9.36. The minimum atomic E-state index is -0.265. The lowest BCUT2D eigenvalue weighted by Gasteiger charge is -2.11. The molecule has 0 aliphatic rings. The molecule has 8 heteroatoms. The molecule has 7 nitrogen and oxygen atoms in total. The summed E-state index contributed by atoms with van der Waals surface area (Å²) in [6.45, 7) is 0.994. The second-order valence-electron chi connectivity index (χ2n) is 6.34. The zero-order valence-electron chi connectivity index (χ0n) is 14.9. The highest BCUT2D eigenvalue weighted by molar-refractivity contribution is 5.95. The summed E-state index contributed by atoms with van der Waals surface area (Å²) in [4.78, 5) is 19.7. The van der Waals surface area contributed by atoms with E-state index >= 15 is 0 Å². The van der Waals surface area contributed by atoms with E-state index in [0.717, 1.165) is 40.7 Å². The smallest absolute Gasteiger partial charge is 0.287 e. The number of nitrogens with zero attached hydrogens (tertiary/aromatic N) is 1. The van der Waals surface area contributed by atoms with Crippen molar-refractivity contribution in [3.63, 3.8) is 0 Å². The molecule has 0 unspecified atom stereocenters. The van der Waals surface area contributed by atoms with Gasteiger partial charge in [0.1, 0.15) is 0 Å². The summed E-state index contributed by atoms with van der Waals surface area (Å²) in [5, 5.41) is 2.81. The number of aromatic amines is 1. The lowest BCUT2D eigenvalue weighted by atomic mass is 10.0. The first-order valence-corrected chi connectivity index (χ1v) is 8.66. The van der Waals surface area contributed by atoms with Gasteiger partial charge in [-0.1, -0.05) is 18.2 Å². The maximum Gasteiger partial charge on any atom is 0.287 e. The predicted molar refractivity (Wildman–Crippen MR) is 112 cm³/mol. The molecule has 1 aromatic heterocycles. The van der Waals surface area contributed by atoms with E-state index in [1.54, 1.807) is 0 Å². The molecule has 0 fully saturated rings. The Balaban J connectivity index is 0.00000261. The van der Waals surface area contributed by atoms with E-state index < -0.39 is 0 Å². The van der Waals surface area contributed by atoms with E-state index in [9.17, 15) is 4.79 Å². The summed E-state index contributed by atoms with van der Waals surface area (Å²) in [7, 11) is 0. The fourth-order valence-corrected chi connectivity index (χ4v) is 2.76. The zero-order chi connectivity index (χ0) is 18.5. The van der Waals surface area contributed by atoms with Gasteiger partial charge in [-0.15, -0.1) is 12.4 Å². The maximum absolute atomic E-state index is 12.3. The third-order valence-electron chi connectivity index (χ3n) is 4.24. The molecule has 1 heterocycles. The number of nitrogens with one attached hydrogen (secondary N) is 2. The molecule has 0 radical (unpaired) electrons. The molecule has 27 heavy (non-hydrogen) atoms. The lowest BCUT2D eigenvalue weighted by molar-refractivity contribution is 0.0941. The topological polar surface area (TPSA) is 136 Å². The van der Waals surface area contributed by atoms with Crippen LogP contribution in [-0.4, -0.2) is 35.0 Å². The molecular weight excluding hydrogens is 364 g/mol. The minimum Gasteiger partial charge on any atom is -0.399 e. The van der Waals surface area contributed by atoms with Gasteiger partial charge in [0.05, 0.1) is 11.0 Å². The van der Waals surface area contributed by atoms with Gasteiger partial charge in [-0.25, -0.2) is 4.98 Å². The number of anilines is 1. The molecule has 0 aliphatic heterocycles. The molecule has 1 atom stereocenters. The van der Waals surface area contributed by atoms with Gasteiger partial charge in [0.25, 0.3) is 5.91 Å². The van der Waals surface area contributed by atoms with Gasteiger partial charge >= 0.3 is 0 Å². The van der Waals surface area contributed by atoms with E-state index in [1.165, 1.54) is 0 Å². The molecule has 0 spiro atoms. The van der Waals surface area contributed by atoms with Crippen LogP contribution in [0.3, 0.4) is 0 Å². The predicted octanol–water partition coefficient (Wildman–Crippen LogP) is 2.03. The number of amides is 1. The van der Waals surface area contributed by atoms with Gasteiger partial charge in [0.15, 0.2) is 5.82 Å². The van der Waals surface area contributed by atoms with Gasteiger partial charge in [-0.05, 0) is 54.8 Å². The molecule has 144 valence electrons. The Morgan fingerprint density at radius 1 is 1.15 bits per heavy atom. The number of benzene rings is 2. The number of H-pyrrole nitrogens is 1. The molecule has 0 bridgehead atoms. The maximum atomic E-state index is 12.3. The number of nitrogens with two attached hydrogens (primary N) is 3. The standard InChI is InChI=1S/C19H24N6O.ClH/c20-9-1-2-15(22)11-23-19(26)18-24-16-8-5-13(10-17(16)25-18)12-3-6-14(21)7-4-12;/h3-8,10,15H,1-2,9,11,20-22H2,(H,23,26)(H,24,25);1H/t15-;/m0./s1. The number of nitrogen functional groups attached to an aromatic ring is 1. The van der Waals surface area contributed by atoms with Gasteiger partial charge in [-0.3, -0.25) is 4.79 Å². The van der Waals surface area contributed by atoms with E-state index in [4.69, 9.17) is 17.2 Å². The molecule has 0 saturated carbocycles. The quantitative estimate of drug-likeness (QED) is 0.394. The van der Waals surface area contributed by atoms with Crippen molar-refractivity contribution in [1.29, 1.82) is 0 Å². The number of aromatic nitrogens is 2. The highest BCUT2D eigenvalue weighted by atomic mass is 35.5. The van der Waals surface area contributed by atoms with Crippen LogP contribution >= 0.6 is 12.4 Å². The van der Waals surface area contributed by atoms with E-state index in [0.29, 0.717) is 13.1 Å². The Hall–Kier alpha value is -2.61. The van der Waals surface area contributed by atoms with E-state index in [-0.39, 0.29) is 30.2 Å². The Bertz CT molecular complexity index is 893. The van der Waals surface area contributed by atoms with Crippen LogP contribution in [0.4, 0.5) is 5.69 Å². The Kier molecular flexibility index (Phi) is 7.18. The van der Waals surface area contributed by atoms with Crippen LogP contribution in [0.25, 0.3) is 22.2 Å². The molecule has 1 amide bonds. The van der Waals surface area contributed by atoms with Gasteiger partial charge < -0.3 is 27.5 Å². The van der Waals surface area contributed by atoms with Crippen LogP contribution in [0.15, 0.2) is 42.5 Å². The van der Waals surface area contributed by atoms with Crippen LogP contribution in [0.2, 0.25) is 0 Å². The summed E-state index contributed by atoms with van der Waals surface area (Å²) in [6.07, 6.45) is 1.62. The number of rotatable bonds is 7. The minimum absolute atomic E-state index is 0. The highest BCUT2D eigenvalue weighted by Crippen LogP contribution is 2.24. The van der Waals surface area contributed by atoms with Gasteiger partial charge in [-0.2, -0.15) is 0 Å². The summed E-state index contributed by atoms with van der Waals surface area (Å²) in [6, 6.07) is 13.4. The van der Waals surface area contributed by atoms with Crippen molar-refractivity contribution in [1.82, 2.24) is 15.3 Å². The fourth-order valence-electron chi connectivity index (χ4n) is 2.76. The molecule has 2 aromatic carbocycles. The molecule has 3 rings (SSSR count). The lowest BCUT2D eigenvalue weighted by Crippen LogP contribution is -2.37. The summed E-state index contributed by atoms with van der Waals surface area (Å²) < 4.78 is 0. The number of imidazole rings is 1. The summed E-state index contributed by atoms with van der Waals surface area (Å²) in [5.41, 5.74) is 21.5. The average molecular weight is 389 g/mol. The second-order valence-corrected chi connectivity index (χ2v) is 6.34.